The fourth-order valence-electron chi connectivity index (χ4n) is 1.66. The van der Waals surface area contributed by atoms with Gasteiger partial charge < -0.3 is 15.5 Å². The number of aromatic nitrogens is 2. The Morgan fingerprint density at radius 2 is 2.16 bits per heavy atom. The maximum absolute atomic E-state index is 11.8. The van der Waals surface area contributed by atoms with Crippen molar-refractivity contribution < 1.29 is 4.79 Å². The van der Waals surface area contributed by atoms with E-state index in [0.29, 0.717) is 19.0 Å². The van der Waals surface area contributed by atoms with Crippen LogP contribution in [0.1, 0.15) is 27.7 Å². The zero-order chi connectivity index (χ0) is 14.3. The van der Waals surface area contributed by atoms with Crippen molar-refractivity contribution in [2.45, 2.75) is 33.7 Å². The number of carbonyl (C=O) groups excluding carboxylic acids is 1. The van der Waals surface area contributed by atoms with Crippen LogP contribution in [0.5, 0.6) is 0 Å². The molecule has 1 aromatic heterocycles. The van der Waals surface area contributed by atoms with Crippen LogP contribution in [0, 0.1) is 0 Å². The molecule has 0 aromatic carbocycles. The summed E-state index contributed by atoms with van der Waals surface area (Å²) >= 11 is 0. The third kappa shape index (κ3) is 5.11. The molecule has 1 rings (SSSR count). The van der Waals surface area contributed by atoms with Gasteiger partial charge in [-0.15, -0.1) is 0 Å². The second-order valence-electron chi connectivity index (χ2n) is 4.51. The van der Waals surface area contributed by atoms with Crippen LogP contribution < -0.4 is 15.5 Å². The highest BCUT2D eigenvalue weighted by Crippen LogP contribution is 2.11. The molecule has 1 heterocycles. The average molecular weight is 265 g/mol. The van der Waals surface area contributed by atoms with Crippen LogP contribution in [-0.4, -0.2) is 41.6 Å². The van der Waals surface area contributed by atoms with Crippen LogP contribution in [0.4, 0.5) is 11.8 Å². The molecule has 0 saturated heterocycles. The predicted octanol–water partition coefficient (Wildman–Crippen LogP) is 1.26. The predicted molar refractivity (Wildman–Crippen MR) is 77.4 cm³/mol. The Morgan fingerprint density at radius 1 is 1.42 bits per heavy atom. The number of rotatable bonds is 7. The van der Waals surface area contributed by atoms with Crippen molar-refractivity contribution in [2.24, 2.45) is 0 Å². The van der Waals surface area contributed by atoms with Crippen molar-refractivity contribution in [2.75, 3.05) is 29.9 Å². The average Bonchev–Trinajstić information content (AvgIpc) is 2.36. The lowest BCUT2D eigenvalue weighted by atomic mass is 10.3. The fourth-order valence-corrected chi connectivity index (χ4v) is 1.66. The molecule has 0 aliphatic rings. The van der Waals surface area contributed by atoms with Crippen molar-refractivity contribution in [3.8, 4) is 0 Å². The van der Waals surface area contributed by atoms with E-state index < -0.39 is 0 Å². The van der Waals surface area contributed by atoms with E-state index in [4.69, 9.17) is 0 Å². The maximum Gasteiger partial charge on any atom is 0.239 e. The Hall–Kier alpha value is -1.85. The molecule has 1 aromatic rings. The molecule has 0 aliphatic carbocycles. The molecular weight excluding hydrogens is 242 g/mol. The topological polar surface area (TPSA) is 70.2 Å². The van der Waals surface area contributed by atoms with Crippen LogP contribution in [0.25, 0.3) is 0 Å². The summed E-state index contributed by atoms with van der Waals surface area (Å²) in [6, 6.07) is 1.96. The highest BCUT2D eigenvalue weighted by atomic mass is 16.2. The van der Waals surface area contributed by atoms with E-state index >= 15 is 0 Å². The molecule has 2 N–H and O–H groups in total. The van der Waals surface area contributed by atoms with Gasteiger partial charge in [0.2, 0.25) is 11.9 Å². The zero-order valence-electron chi connectivity index (χ0n) is 12.1. The molecule has 0 atom stereocenters. The lowest BCUT2D eigenvalue weighted by Crippen LogP contribution is -2.40. The largest absolute Gasteiger partial charge is 0.354 e. The minimum Gasteiger partial charge on any atom is -0.354 e. The normalized spacial score (nSPS) is 10.4. The summed E-state index contributed by atoms with van der Waals surface area (Å²) in [6.45, 7) is 9.67. The molecule has 0 spiro atoms. The van der Waals surface area contributed by atoms with E-state index in [9.17, 15) is 4.79 Å². The molecule has 0 radical (unpaired) electrons. The van der Waals surface area contributed by atoms with Crippen molar-refractivity contribution >= 4 is 17.7 Å². The molecule has 1 amide bonds. The first-order valence-corrected chi connectivity index (χ1v) is 6.68. The summed E-state index contributed by atoms with van der Waals surface area (Å²) in [4.78, 5) is 22.2. The first-order valence-electron chi connectivity index (χ1n) is 6.68. The van der Waals surface area contributed by atoms with Crippen molar-refractivity contribution in [3.05, 3.63) is 12.3 Å². The quantitative estimate of drug-likeness (QED) is 0.776. The number of nitrogens with one attached hydrogen (secondary N) is 2. The highest BCUT2D eigenvalue weighted by molar-refractivity contribution is 5.81. The number of hydrogen-bond donors (Lipinski definition) is 2. The molecule has 0 saturated carbocycles. The molecule has 0 unspecified atom stereocenters. The second-order valence-corrected chi connectivity index (χ2v) is 4.51. The van der Waals surface area contributed by atoms with Crippen molar-refractivity contribution in [3.63, 3.8) is 0 Å². The summed E-state index contributed by atoms with van der Waals surface area (Å²) in [7, 11) is 0. The Labute approximate surface area is 114 Å². The highest BCUT2D eigenvalue weighted by Gasteiger charge is 2.12. The SMILES string of the molecule is CCNc1nccc(N(CC)CC(=O)NC(C)C)n1. The molecule has 0 fully saturated rings. The van der Waals surface area contributed by atoms with E-state index in [1.807, 2.05) is 38.7 Å². The van der Waals surface area contributed by atoms with E-state index in [1.165, 1.54) is 0 Å². The minimum atomic E-state index is 0.000429. The number of nitrogens with zero attached hydrogens (tertiary/aromatic N) is 3. The van der Waals surface area contributed by atoms with Crippen LogP contribution in [-0.2, 0) is 4.79 Å². The number of likely N-dealkylation sites (N-methyl/N-ethyl adjacent to an activating group) is 1. The first kappa shape index (κ1) is 15.2. The lowest BCUT2D eigenvalue weighted by molar-refractivity contribution is -0.120. The van der Waals surface area contributed by atoms with Gasteiger partial charge in [0.05, 0.1) is 6.54 Å². The summed E-state index contributed by atoms with van der Waals surface area (Å²) in [6.07, 6.45) is 1.70. The molecule has 6 heteroatoms. The van der Waals surface area contributed by atoms with Gasteiger partial charge in [-0.05, 0) is 33.8 Å². The summed E-state index contributed by atoms with van der Waals surface area (Å²) in [5.74, 6) is 1.34. The van der Waals surface area contributed by atoms with Gasteiger partial charge in [-0.1, -0.05) is 0 Å². The van der Waals surface area contributed by atoms with Crippen LogP contribution >= 0.6 is 0 Å². The van der Waals surface area contributed by atoms with Gasteiger partial charge in [-0.2, -0.15) is 4.98 Å². The lowest BCUT2D eigenvalue weighted by Gasteiger charge is -2.22. The molecule has 106 valence electrons. The molecule has 19 heavy (non-hydrogen) atoms. The van der Waals surface area contributed by atoms with Crippen molar-refractivity contribution in [1.29, 1.82) is 0 Å². The summed E-state index contributed by atoms with van der Waals surface area (Å²) < 4.78 is 0. The Bertz CT molecular complexity index is 408. The maximum atomic E-state index is 11.8. The molecule has 0 aliphatic heterocycles. The Balaban J connectivity index is 2.73. The Kier molecular flexibility index (Phi) is 6.05. The van der Waals surface area contributed by atoms with Gasteiger partial charge >= 0.3 is 0 Å². The number of hydrogen-bond acceptors (Lipinski definition) is 5. The third-order valence-corrected chi connectivity index (χ3v) is 2.47. The minimum absolute atomic E-state index is 0.000429. The Morgan fingerprint density at radius 3 is 2.74 bits per heavy atom. The first-order chi connectivity index (χ1) is 9.06. The van der Waals surface area contributed by atoms with Gasteiger partial charge in [0, 0.05) is 25.3 Å². The standard InChI is InChI=1S/C13H23N5O/c1-5-14-13-15-8-7-11(17-13)18(6-2)9-12(19)16-10(3)4/h7-8,10H,5-6,9H2,1-4H3,(H,16,19)(H,14,15,17). The number of amides is 1. The van der Waals surface area contributed by atoms with Gasteiger partial charge in [-0.25, -0.2) is 4.98 Å². The third-order valence-electron chi connectivity index (χ3n) is 2.47. The van der Waals surface area contributed by atoms with E-state index in [2.05, 4.69) is 20.6 Å². The smallest absolute Gasteiger partial charge is 0.239 e. The molecule has 0 bridgehead atoms. The monoisotopic (exact) mass is 265 g/mol. The molecule has 6 nitrogen and oxygen atoms in total. The summed E-state index contributed by atoms with van der Waals surface area (Å²) in [5.41, 5.74) is 0. The molecular formula is C13H23N5O. The van der Waals surface area contributed by atoms with Gasteiger partial charge in [-0.3, -0.25) is 4.79 Å². The van der Waals surface area contributed by atoms with Crippen LogP contribution in [0.3, 0.4) is 0 Å². The van der Waals surface area contributed by atoms with Crippen LogP contribution in [0.2, 0.25) is 0 Å². The van der Waals surface area contributed by atoms with E-state index in [-0.39, 0.29) is 11.9 Å². The van der Waals surface area contributed by atoms with Gasteiger partial charge in [0.25, 0.3) is 0 Å². The summed E-state index contributed by atoms with van der Waals surface area (Å²) in [5, 5.41) is 5.94. The number of anilines is 2. The van der Waals surface area contributed by atoms with E-state index in [1.54, 1.807) is 6.20 Å². The van der Waals surface area contributed by atoms with Crippen molar-refractivity contribution in [1.82, 2.24) is 15.3 Å². The van der Waals surface area contributed by atoms with Gasteiger partial charge in [0.15, 0.2) is 0 Å². The van der Waals surface area contributed by atoms with Gasteiger partial charge in [0.1, 0.15) is 5.82 Å². The zero-order valence-corrected chi connectivity index (χ0v) is 12.1. The second kappa shape index (κ2) is 7.56. The fraction of sp³-hybridized carbons (Fsp3) is 0.615. The van der Waals surface area contributed by atoms with E-state index in [0.717, 1.165) is 12.4 Å². The number of carbonyl (C=O) groups is 1. The van der Waals surface area contributed by atoms with Crippen LogP contribution in [0.15, 0.2) is 12.3 Å².